The van der Waals surface area contributed by atoms with E-state index < -0.39 is 0 Å². The summed E-state index contributed by atoms with van der Waals surface area (Å²) in [6.07, 6.45) is 1.15. The molecule has 0 aliphatic heterocycles. The van der Waals surface area contributed by atoms with Gasteiger partial charge in [0.1, 0.15) is 5.78 Å². The molecule has 0 N–H and O–H groups in total. The average Bonchev–Trinajstić information content (AvgIpc) is 2.06. The van der Waals surface area contributed by atoms with Gasteiger partial charge in [-0.05, 0) is 13.8 Å². The highest BCUT2D eigenvalue weighted by Gasteiger charge is 1.91. The molecule has 12 heavy (non-hydrogen) atoms. The number of hydrogen-bond acceptors (Lipinski definition) is 3. The van der Waals surface area contributed by atoms with Gasteiger partial charge in [-0.3, -0.25) is 4.79 Å². The maximum atomic E-state index is 10.2. The zero-order valence-electron chi connectivity index (χ0n) is 8.35. The Balaban J connectivity index is 0. The Bertz CT molecular complexity index is 130. The zero-order chi connectivity index (χ0) is 9.98. The SMILES string of the molecule is CCC(C)=O.CCOC(=O)CC. The van der Waals surface area contributed by atoms with E-state index in [0.717, 1.165) is 0 Å². The van der Waals surface area contributed by atoms with Gasteiger partial charge in [-0.25, -0.2) is 0 Å². The third-order valence-electron chi connectivity index (χ3n) is 1.09. The number of rotatable bonds is 3. The Hall–Kier alpha value is -0.860. The van der Waals surface area contributed by atoms with E-state index in [2.05, 4.69) is 4.74 Å². The summed E-state index contributed by atoms with van der Waals surface area (Å²) in [6, 6.07) is 0. The highest BCUT2D eigenvalue weighted by Crippen LogP contribution is 1.80. The Labute approximate surface area is 74.1 Å². The van der Waals surface area contributed by atoms with Crippen molar-refractivity contribution >= 4 is 11.8 Å². The Kier molecular flexibility index (Phi) is 11.6. The van der Waals surface area contributed by atoms with Crippen LogP contribution in [0.4, 0.5) is 0 Å². The summed E-state index contributed by atoms with van der Waals surface area (Å²) in [7, 11) is 0. The summed E-state index contributed by atoms with van der Waals surface area (Å²) >= 11 is 0. The van der Waals surface area contributed by atoms with Crippen LogP contribution in [0, 0.1) is 0 Å². The first-order valence-electron chi connectivity index (χ1n) is 4.23. The number of ketones is 1. The molecule has 0 bridgehead atoms. The van der Waals surface area contributed by atoms with Crippen LogP contribution in [0.3, 0.4) is 0 Å². The van der Waals surface area contributed by atoms with Crippen molar-refractivity contribution in [2.24, 2.45) is 0 Å². The van der Waals surface area contributed by atoms with Crippen LogP contribution < -0.4 is 0 Å². The largest absolute Gasteiger partial charge is 0.466 e. The number of Topliss-reactive ketones (excluding diaryl/α,β-unsaturated/α-hetero) is 1. The van der Waals surface area contributed by atoms with Crippen molar-refractivity contribution in [3.8, 4) is 0 Å². The van der Waals surface area contributed by atoms with E-state index in [9.17, 15) is 9.59 Å². The molecule has 0 rings (SSSR count). The third kappa shape index (κ3) is 16.1. The number of ether oxygens (including phenoxy) is 1. The fraction of sp³-hybridized carbons (Fsp3) is 0.778. The van der Waals surface area contributed by atoms with Crippen molar-refractivity contribution in [1.82, 2.24) is 0 Å². The van der Waals surface area contributed by atoms with Crippen LogP contribution in [-0.4, -0.2) is 18.4 Å². The lowest BCUT2D eigenvalue weighted by Crippen LogP contribution is -2.00. The molecule has 0 atom stereocenters. The second-order valence-electron chi connectivity index (χ2n) is 2.21. The first kappa shape index (κ1) is 13.7. The van der Waals surface area contributed by atoms with Gasteiger partial charge in [-0.15, -0.1) is 0 Å². The van der Waals surface area contributed by atoms with Crippen LogP contribution in [0.5, 0.6) is 0 Å². The van der Waals surface area contributed by atoms with Gasteiger partial charge in [0.15, 0.2) is 0 Å². The first-order valence-corrected chi connectivity index (χ1v) is 4.23. The Morgan fingerprint density at radius 1 is 1.08 bits per heavy atom. The smallest absolute Gasteiger partial charge is 0.305 e. The fourth-order valence-electron chi connectivity index (χ4n) is 0.263. The molecule has 0 aromatic rings. The summed E-state index contributed by atoms with van der Waals surface area (Å²) in [6.45, 7) is 7.50. The molecule has 0 saturated heterocycles. The van der Waals surface area contributed by atoms with Gasteiger partial charge in [0.25, 0.3) is 0 Å². The van der Waals surface area contributed by atoms with E-state index in [1.54, 1.807) is 20.8 Å². The van der Waals surface area contributed by atoms with Gasteiger partial charge < -0.3 is 9.53 Å². The maximum Gasteiger partial charge on any atom is 0.305 e. The second kappa shape index (κ2) is 10.1. The van der Waals surface area contributed by atoms with Crippen LogP contribution in [0.2, 0.25) is 0 Å². The van der Waals surface area contributed by atoms with E-state index in [-0.39, 0.29) is 11.8 Å². The van der Waals surface area contributed by atoms with Crippen LogP contribution in [0.1, 0.15) is 40.5 Å². The molecule has 0 radical (unpaired) electrons. The molecule has 3 nitrogen and oxygen atoms in total. The highest BCUT2D eigenvalue weighted by atomic mass is 16.5. The minimum Gasteiger partial charge on any atom is -0.466 e. The van der Waals surface area contributed by atoms with Gasteiger partial charge in [-0.2, -0.15) is 0 Å². The van der Waals surface area contributed by atoms with E-state index >= 15 is 0 Å². The summed E-state index contributed by atoms with van der Waals surface area (Å²) in [5.74, 6) is 0.132. The Morgan fingerprint density at radius 3 is 1.58 bits per heavy atom. The van der Waals surface area contributed by atoms with Crippen LogP contribution in [-0.2, 0) is 14.3 Å². The topological polar surface area (TPSA) is 43.4 Å². The van der Waals surface area contributed by atoms with Crippen LogP contribution in [0.15, 0.2) is 0 Å². The Morgan fingerprint density at radius 2 is 1.50 bits per heavy atom. The third-order valence-corrected chi connectivity index (χ3v) is 1.09. The summed E-state index contributed by atoms with van der Waals surface area (Å²) in [5.41, 5.74) is 0. The molecular formula is C9H18O3. The number of hydrogen-bond donors (Lipinski definition) is 0. The van der Waals surface area contributed by atoms with E-state index in [4.69, 9.17) is 0 Å². The van der Waals surface area contributed by atoms with Gasteiger partial charge in [0, 0.05) is 12.8 Å². The fourth-order valence-corrected chi connectivity index (χ4v) is 0.263. The summed E-state index contributed by atoms with van der Waals surface area (Å²) in [5, 5.41) is 0. The lowest BCUT2D eigenvalue weighted by Gasteiger charge is -1.93. The van der Waals surface area contributed by atoms with Crippen LogP contribution in [0.25, 0.3) is 0 Å². The van der Waals surface area contributed by atoms with Crippen LogP contribution >= 0.6 is 0 Å². The van der Waals surface area contributed by atoms with Crippen molar-refractivity contribution in [2.45, 2.75) is 40.5 Å². The number of carbonyl (C=O) groups excluding carboxylic acids is 2. The van der Waals surface area contributed by atoms with Gasteiger partial charge in [-0.1, -0.05) is 13.8 Å². The average molecular weight is 174 g/mol. The van der Waals surface area contributed by atoms with Gasteiger partial charge in [0.05, 0.1) is 6.61 Å². The highest BCUT2D eigenvalue weighted by molar-refractivity contribution is 5.74. The predicted molar refractivity (Wildman–Crippen MR) is 47.9 cm³/mol. The second-order valence-corrected chi connectivity index (χ2v) is 2.21. The molecule has 0 aromatic heterocycles. The molecule has 0 amide bonds. The molecule has 0 spiro atoms. The monoisotopic (exact) mass is 174 g/mol. The zero-order valence-corrected chi connectivity index (χ0v) is 8.35. The van der Waals surface area contributed by atoms with E-state index in [1.807, 2.05) is 6.92 Å². The molecule has 0 unspecified atom stereocenters. The van der Waals surface area contributed by atoms with Gasteiger partial charge >= 0.3 is 5.97 Å². The van der Waals surface area contributed by atoms with Crippen molar-refractivity contribution in [3.63, 3.8) is 0 Å². The van der Waals surface area contributed by atoms with E-state index in [0.29, 0.717) is 19.4 Å². The molecule has 0 aromatic carbocycles. The molecule has 72 valence electrons. The first-order chi connectivity index (χ1) is 5.58. The molecule has 3 heteroatoms. The number of carbonyl (C=O) groups is 2. The summed E-state index contributed by atoms with van der Waals surface area (Å²) in [4.78, 5) is 20.0. The molecule has 0 aliphatic rings. The molecular weight excluding hydrogens is 156 g/mol. The normalized spacial score (nSPS) is 8.00. The standard InChI is InChI=1S/C5H10O2.C4H8O/c1-3-5(6)7-4-2;1-3-4(2)5/h3-4H2,1-2H3;3H2,1-2H3. The van der Waals surface area contributed by atoms with Crippen molar-refractivity contribution in [3.05, 3.63) is 0 Å². The molecule has 0 aliphatic carbocycles. The minimum atomic E-state index is -0.123. The molecule has 0 heterocycles. The summed E-state index contributed by atoms with van der Waals surface area (Å²) < 4.78 is 4.55. The number of esters is 1. The minimum absolute atomic E-state index is 0.123. The lowest BCUT2D eigenvalue weighted by atomic mass is 10.4. The quantitative estimate of drug-likeness (QED) is 0.614. The van der Waals surface area contributed by atoms with Crippen molar-refractivity contribution in [1.29, 1.82) is 0 Å². The predicted octanol–water partition coefficient (Wildman–Crippen LogP) is 1.94. The van der Waals surface area contributed by atoms with Crippen molar-refractivity contribution < 1.29 is 14.3 Å². The molecule has 0 fully saturated rings. The maximum absolute atomic E-state index is 10.2. The van der Waals surface area contributed by atoms with Gasteiger partial charge in [0.2, 0.25) is 0 Å². The van der Waals surface area contributed by atoms with E-state index in [1.165, 1.54) is 0 Å². The molecule has 0 saturated carbocycles. The lowest BCUT2D eigenvalue weighted by molar-refractivity contribution is -0.142. The van der Waals surface area contributed by atoms with Crippen molar-refractivity contribution in [2.75, 3.05) is 6.61 Å².